The van der Waals surface area contributed by atoms with Crippen molar-refractivity contribution in [3.05, 3.63) is 33.0 Å². The van der Waals surface area contributed by atoms with E-state index in [1.807, 2.05) is 25.5 Å². The Labute approximate surface area is 138 Å². The van der Waals surface area contributed by atoms with Crippen LogP contribution in [-0.4, -0.2) is 38.3 Å². The number of carboxylic acid groups (broad SMARTS) is 1. The maximum absolute atomic E-state index is 11.9. The second-order valence-electron chi connectivity index (χ2n) is 5.30. The summed E-state index contributed by atoms with van der Waals surface area (Å²) >= 11 is 1.29. The summed E-state index contributed by atoms with van der Waals surface area (Å²) in [6.07, 6.45) is 0.891. The van der Waals surface area contributed by atoms with Crippen LogP contribution in [0.5, 0.6) is 0 Å². The first-order valence-corrected chi connectivity index (χ1v) is 8.21. The number of carbonyl (C=O) groups is 2. The van der Waals surface area contributed by atoms with Crippen LogP contribution in [0.3, 0.4) is 0 Å². The Morgan fingerprint density at radius 3 is 2.65 bits per heavy atom. The molecule has 2 N–H and O–H groups in total. The summed E-state index contributed by atoms with van der Waals surface area (Å²) in [5.74, 6) is -1.08. The summed E-state index contributed by atoms with van der Waals surface area (Å²) in [6.45, 7) is 6.97. The molecule has 8 heteroatoms. The Kier molecular flexibility index (Phi) is 5.49. The molecule has 2 heterocycles. The Morgan fingerprint density at radius 1 is 1.35 bits per heavy atom. The zero-order valence-electron chi connectivity index (χ0n) is 13.4. The standard InChI is InChI=1S/C15H20N4O3S/c1-9-10(2)18-19(11(9)3)7-5-13(20)16-6-4-14-17-12(8-23-14)15(21)22/h8H,4-7H2,1-3H3,(H,16,20)(H,21,22). The SMILES string of the molecule is Cc1nn(CCC(=O)NCCc2nc(C(=O)O)cs2)c(C)c1C. The molecule has 23 heavy (non-hydrogen) atoms. The number of aryl methyl sites for hydroxylation is 2. The molecule has 0 atom stereocenters. The molecule has 0 aromatic carbocycles. The normalized spacial score (nSPS) is 10.7. The van der Waals surface area contributed by atoms with E-state index in [0.717, 1.165) is 17.0 Å². The Morgan fingerprint density at radius 2 is 2.09 bits per heavy atom. The number of nitrogens with one attached hydrogen (secondary N) is 1. The Balaban J connectivity index is 1.74. The number of thiazole rings is 1. The van der Waals surface area contributed by atoms with E-state index in [1.165, 1.54) is 16.7 Å². The molecular weight excluding hydrogens is 316 g/mol. The fourth-order valence-corrected chi connectivity index (χ4v) is 2.90. The van der Waals surface area contributed by atoms with Crippen molar-refractivity contribution in [2.24, 2.45) is 0 Å². The topological polar surface area (TPSA) is 97.1 Å². The number of amides is 1. The van der Waals surface area contributed by atoms with Crippen molar-refractivity contribution >= 4 is 23.2 Å². The van der Waals surface area contributed by atoms with E-state index in [0.29, 0.717) is 30.9 Å². The molecule has 0 aliphatic heterocycles. The average molecular weight is 336 g/mol. The van der Waals surface area contributed by atoms with Crippen molar-refractivity contribution < 1.29 is 14.7 Å². The maximum Gasteiger partial charge on any atom is 0.355 e. The fraction of sp³-hybridized carbons (Fsp3) is 0.467. The molecule has 0 radical (unpaired) electrons. The quantitative estimate of drug-likeness (QED) is 0.802. The molecule has 0 saturated heterocycles. The third-order valence-corrected chi connectivity index (χ3v) is 4.63. The molecule has 0 fully saturated rings. The lowest BCUT2D eigenvalue weighted by molar-refractivity contribution is -0.121. The third-order valence-electron chi connectivity index (χ3n) is 3.73. The molecule has 2 rings (SSSR count). The summed E-state index contributed by atoms with van der Waals surface area (Å²) in [5, 5.41) is 18.2. The number of hydrogen-bond acceptors (Lipinski definition) is 5. The highest BCUT2D eigenvalue weighted by atomic mass is 32.1. The van der Waals surface area contributed by atoms with Gasteiger partial charge in [-0.1, -0.05) is 0 Å². The van der Waals surface area contributed by atoms with Gasteiger partial charge in [0.1, 0.15) is 0 Å². The Hall–Kier alpha value is -2.22. The van der Waals surface area contributed by atoms with Crippen LogP contribution < -0.4 is 5.32 Å². The van der Waals surface area contributed by atoms with Gasteiger partial charge >= 0.3 is 5.97 Å². The van der Waals surface area contributed by atoms with Crippen LogP contribution in [0.1, 0.15) is 38.9 Å². The number of aromatic nitrogens is 3. The monoisotopic (exact) mass is 336 g/mol. The minimum atomic E-state index is -1.03. The van der Waals surface area contributed by atoms with Crippen molar-refractivity contribution in [1.29, 1.82) is 0 Å². The zero-order valence-corrected chi connectivity index (χ0v) is 14.2. The molecule has 7 nitrogen and oxygen atoms in total. The molecule has 0 spiro atoms. The number of hydrogen-bond donors (Lipinski definition) is 2. The van der Waals surface area contributed by atoms with E-state index >= 15 is 0 Å². The summed E-state index contributed by atoms with van der Waals surface area (Å²) in [5.41, 5.74) is 3.28. The minimum Gasteiger partial charge on any atom is -0.476 e. The maximum atomic E-state index is 11.9. The number of rotatable bonds is 7. The summed E-state index contributed by atoms with van der Waals surface area (Å²) < 4.78 is 1.85. The lowest BCUT2D eigenvalue weighted by Gasteiger charge is -2.06. The van der Waals surface area contributed by atoms with E-state index in [9.17, 15) is 9.59 Å². The number of nitrogens with zero attached hydrogens (tertiary/aromatic N) is 3. The highest BCUT2D eigenvalue weighted by Gasteiger charge is 2.10. The van der Waals surface area contributed by atoms with Crippen molar-refractivity contribution in [3.63, 3.8) is 0 Å². The van der Waals surface area contributed by atoms with E-state index in [2.05, 4.69) is 15.4 Å². The molecule has 0 aliphatic carbocycles. The van der Waals surface area contributed by atoms with Crippen LogP contribution in [0.2, 0.25) is 0 Å². The van der Waals surface area contributed by atoms with Gasteiger partial charge in [0.25, 0.3) is 0 Å². The van der Waals surface area contributed by atoms with Gasteiger partial charge in [-0.25, -0.2) is 9.78 Å². The highest BCUT2D eigenvalue weighted by Crippen LogP contribution is 2.11. The first kappa shape index (κ1) is 17.1. The first-order chi connectivity index (χ1) is 10.9. The number of carbonyl (C=O) groups excluding carboxylic acids is 1. The lowest BCUT2D eigenvalue weighted by atomic mass is 10.2. The van der Waals surface area contributed by atoms with Gasteiger partial charge in [-0.3, -0.25) is 9.48 Å². The van der Waals surface area contributed by atoms with Crippen molar-refractivity contribution in [3.8, 4) is 0 Å². The predicted molar refractivity (Wildman–Crippen MR) is 86.8 cm³/mol. The van der Waals surface area contributed by atoms with Gasteiger partial charge < -0.3 is 10.4 Å². The fourth-order valence-electron chi connectivity index (χ4n) is 2.13. The predicted octanol–water partition coefficient (Wildman–Crippen LogP) is 1.71. The molecule has 0 aliphatic rings. The third kappa shape index (κ3) is 4.38. The Bertz CT molecular complexity index is 720. The van der Waals surface area contributed by atoms with Gasteiger partial charge in [0.05, 0.1) is 10.7 Å². The molecular formula is C15H20N4O3S. The number of carboxylic acids is 1. The first-order valence-electron chi connectivity index (χ1n) is 7.33. The van der Waals surface area contributed by atoms with Crippen LogP contribution in [0.15, 0.2) is 5.38 Å². The molecule has 2 aromatic rings. The molecule has 124 valence electrons. The van der Waals surface area contributed by atoms with Crippen molar-refractivity contribution in [2.75, 3.05) is 6.54 Å². The van der Waals surface area contributed by atoms with E-state index in [-0.39, 0.29) is 11.6 Å². The van der Waals surface area contributed by atoms with Crippen LogP contribution in [-0.2, 0) is 17.8 Å². The van der Waals surface area contributed by atoms with Gasteiger partial charge in [0.15, 0.2) is 5.69 Å². The second kappa shape index (κ2) is 7.36. The van der Waals surface area contributed by atoms with Gasteiger partial charge in [0.2, 0.25) is 5.91 Å². The van der Waals surface area contributed by atoms with Crippen molar-refractivity contribution in [1.82, 2.24) is 20.1 Å². The minimum absolute atomic E-state index is 0.0507. The molecule has 0 bridgehead atoms. The van der Waals surface area contributed by atoms with Gasteiger partial charge in [0, 0.05) is 37.0 Å². The summed E-state index contributed by atoms with van der Waals surface area (Å²) in [4.78, 5) is 26.6. The second-order valence-corrected chi connectivity index (χ2v) is 6.24. The molecule has 0 unspecified atom stereocenters. The van der Waals surface area contributed by atoms with Gasteiger partial charge in [-0.15, -0.1) is 11.3 Å². The highest BCUT2D eigenvalue weighted by molar-refractivity contribution is 7.09. The average Bonchev–Trinajstić information content (AvgIpc) is 3.06. The lowest BCUT2D eigenvalue weighted by Crippen LogP contribution is -2.26. The van der Waals surface area contributed by atoms with Crippen LogP contribution in [0, 0.1) is 20.8 Å². The van der Waals surface area contributed by atoms with Gasteiger partial charge in [-0.2, -0.15) is 5.10 Å². The van der Waals surface area contributed by atoms with Gasteiger partial charge in [-0.05, 0) is 26.3 Å². The largest absolute Gasteiger partial charge is 0.476 e. The zero-order chi connectivity index (χ0) is 17.0. The molecule has 2 aromatic heterocycles. The van der Waals surface area contributed by atoms with Crippen LogP contribution in [0.25, 0.3) is 0 Å². The van der Waals surface area contributed by atoms with Crippen LogP contribution in [0.4, 0.5) is 0 Å². The van der Waals surface area contributed by atoms with E-state index in [4.69, 9.17) is 5.11 Å². The molecule has 0 saturated carbocycles. The van der Waals surface area contributed by atoms with Crippen LogP contribution >= 0.6 is 11.3 Å². The smallest absolute Gasteiger partial charge is 0.355 e. The van der Waals surface area contributed by atoms with E-state index < -0.39 is 5.97 Å². The number of aromatic carboxylic acids is 1. The summed E-state index contributed by atoms with van der Waals surface area (Å²) in [6, 6.07) is 0. The summed E-state index contributed by atoms with van der Waals surface area (Å²) in [7, 11) is 0. The van der Waals surface area contributed by atoms with Crippen molar-refractivity contribution in [2.45, 2.75) is 40.2 Å². The molecule has 1 amide bonds. The van der Waals surface area contributed by atoms with E-state index in [1.54, 1.807) is 0 Å².